The van der Waals surface area contributed by atoms with Crippen LogP contribution in [0, 0.1) is 0 Å². The van der Waals surface area contributed by atoms with Crippen molar-refractivity contribution in [2.75, 3.05) is 31.3 Å². The minimum atomic E-state index is 0.0617. The molecule has 4 N–H and O–H groups in total. The van der Waals surface area contributed by atoms with E-state index in [4.69, 9.17) is 16.2 Å². The molecule has 1 heterocycles. The van der Waals surface area contributed by atoms with E-state index in [1.807, 2.05) is 25.1 Å². The molecule has 5 heteroatoms. The third-order valence-electron chi connectivity index (χ3n) is 2.37. The van der Waals surface area contributed by atoms with Gasteiger partial charge in [0.15, 0.2) is 12.0 Å². The monoisotopic (exact) mass is 225 g/mol. The van der Waals surface area contributed by atoms with Gasteiger partial charge in [0.1, 0.15) is 0 Å². The molecule has 1 aromatic carbocycles. The van der Waals surface area contributed by atoms with Crippen molar-refractivity contribution in [2.45, 2.75) is 11.1 Å². The molecule has 0 bridgehead atoms. The lowest BCUT2D eigenvalue weighted by atomic mass is 10.2. The molecule has 1 aromatic rings. The van der Waals surface area contributed by atoms with Crippen molar-refractivity contribution in [2.24, 2.45) is 0 Å². The fourth-order valence-corrected chi connectivity index (χ4v) is 2.65. The lowest BCUT2D eigenvalue weighted by molar-refractivity contribution is 0.0804. The Morgan fingerprint density at radius 3 is 2.67 bits per heavy atom. The standard InChI is InChI=1S/C10H15N3OS/c1-13(2)8-5-15-10-7(12)4-3-6(11)9(10)14-8/h3-4,8H,5,11-12H2,1-2H3. The van der Waals surface area contributed by atoms with Gasteiger partial charge in [0.2, 0.25) is 0 Å². The Kier molecular flexibility index (Phi) is 2.67. The van der Waals surface area contributed by atoms with Gasteiger partial charge in [0.25, 0.3) is 0 Å². The maximum Gasteiger partial charge on any atom is 0.161 e. The van der Waals surface area contributed by atoms with Crippen LogP contribution >= 0.6 is 11.8 Å². The van der Waals surface area contributed by atoms with Crippen LogP contribution < -0.4 is 16.2 Å². The van der Waals surface area contributed by atoms with Crippen LogP contribution in [0.5, 0.6) is 5.75 Å². The maximum absolute atomic E-state index is 5.86. The molecule has 0 radical (unpaired) electrons. The van der Waals surface area contributed by atoms with E-state index in [0.29, 0.717) is 5.69 Å². The van der Waals surface area contributed by atoms with Crippen molar-refractivity contribution in [3.63, 3.8) is 0 Å². The summed E-state index contributed by atoms with van der Waals surface area (Å²) in [4.78, 5) is 2.99. The smallest absolute Gasteiger partial charge is 0.161 e. The molecular formula is C10H15N3OS. The molecule has 1 unspecified atom stereocenters. The molecule has 0 amide bonds. The summed E-state index contributed by atoms with van der Waals surface area (Å²) in [5.41, 5.74) is 13.1. The predicted octanol–water partition coefficient (Wildman–Crippen LogP) is 1.22. The molecule has 82 valence electrons. The Hall–Kier alpha value is -1.07. The van der Waals surface area contributed by atoms with Crippen molar-refractivity contribution in [1.29, 1.82) is 0 Å². The topological polar surface area (TPSA) is 64.5 Å². The molecule has 0 aliphatic carbocycles. The summed E-state index contributed by atoms with van der Waals surface area (Å²) in [6.45, 7) is 0. The van der Waals surface area contributed by atoms with E-state index in [0.717, 1.165) is 22.1 Å². The first-order valence-electron chi connectivity index (χ1n) is 4.73. The first kappa shape index (κ1) is 10.4. The van der Waals surface area contributed by atoms with Crippen LogP contribution in [0.4, 0.5) is 11.4 Å². The number of ether oxygens (including phenoxy) is 1. The van der Waals surface area contributed by atoms with Crippen molar-refractivity contribution in [3.8, 4) is 5.75 Å². The fourth-order valence-electron chi connectivity index (χ4n) is 1.44. The second-order valence-corrected chi connectivity index (χ2v) is 4.78. The van der Waals surface area contributed by atoms with Gasteiger partial charge in [-0.3, -0.25) is 4.90 Å². The highest BCUT2D eigenvalue weighted by molar-refractivity contribution is 7.99. The van der Waals surface area contributed by atoms with Gasteiger partial charge in [-0.1, -0.05) is 0 Å². The molecule has 0 saturated carbocycles. The quantitative estimate of drug-likeness (QED) is 0.704. The Morgan fingerprint density at radius 2 is 2.00 bits per heavy atom. The summed E-state index contributed by atoms with van der Waals surface area (Å²) in [6, 6.07) is 3.60. The highest BCUT2D eigenvalue weighted by Gasteiger charge is 2.25. The zero-order valence-electron chi connectivity index (χ0n) is 8.86. The van der Waals surface area contributed by atoms with E-state index in [1.165, 1.54) is 0 Å². The molecule has 1 atom stereocenters. The zero-order valence-corrected chi connectivity index (χ0v) is 9.67. The van der Waals surface area contributed by atoms with Crippen LogP contribution in [-0.2, 0) is 0 Å². The molecule has 0 spiro atoms. The van der Waals surface area contributed by atoms with E-state index >= 15 is 0 Å². The van der Waals surface area contributed by atoms with Crippen LogP contribution in [0.3, 0.4) is 0 Å². The van der Waals surface area contributed by atoms with Crippen molar-refractivity contribution in [1.82, 2.24) is 4.90 Å². The first-order valence-corrected chi connectivity index (χ1v) is 5.72. The molecule has 4 nitrogen and oxygen atoms in total. The Labute approximate surface area is 93.6 Å². The van der Waals surface area contributed by atoms with Gasteiger partial charge in [-0.05, 0) is 26.2 Å². The molecule has 1 aliphatic heterocycles. The summed E-state index contributed by atoms with van der Waals surface area (Å²) in [7, 11) is 3.97. The molecule has 15 heavy (non-hydrogen) atoms. The number of fused-ring (bicyclic) bond motifs is 1. The van der Waals surface area contributed by atoms with Crippen molar-refractivity contribution >= 4 is 23.1 Å². The number of hydrogen-bond donors (Lipinski definition) is 2. The Morgan fingerprint density at radius 1 is 1.33 bits per heavy atom. The van der Waals surface area contributed by atoms with Crippen LogP contribution in [-0.4, -0.2) is 31.0 Å². The van der Waals surface area contributed by atoms with Gasteiger partial charge >= 0.3 is 0 Å². The summed E-state index contributed by atoms with van der Waals surface area (Å²) in [6.07, 6.45) is 0.0617. The van der Waals surface area contributed by atoms with E-state index < -0.39 is 0 Å². The molecule has 1 aliphatic rings. The maximum atomic E-state index is 5.86. The number of nitrogens with two attached hydrogens (primary N) is 2. The van der Waals surface area contributed by atoms with Gasteiger partial charge in [0, 0.05) is 11.4 Å². The predicted molar refractivity (Wildman–Crippen MR) is 64.1 cm³/mol. The molecule has 0 aromatic heterocycles. The van der Waals surface area contributed by atoms with Crippen LogP contribution in [0.25, 0.3) is 0 Å². The highest BCUT2D eigenvalue weighted by Crippen LogP contribution is 2.43. The summed E-state index contributed by atoms with van der Waals surface area (Å²) in [5.74, 6) is 1.60. The third kappa shape index (κ3) is 1.85. The molecular weight excluding hydrogens is 210 g/mol. The lowest BCUT2D eigenvalue weighted by Gasteiger charge is -2.31. The molecule has 0 saturated heterocycles. The summed E-state index contributed by atoms with van der Waals surface area (Å²) in [5, 5.41) is 0. The van der Waals surface area contributed by atoms with E-state index in [9.17, 15) is 0 Å². The second-order valence-electron chi connectivity index (χ2n) is 3.75. The van der Waals surface area contributed by atoms with Crippen molar-refractivity contribution in [3.05, 3.63) is 12.1 Å². The normalized spacial score (nSPS) is 19.8. The number of nitrogen functional groups attached to an aromatic ring is 2. The Balaban J connectivity index is 2.36. The van der Waals surface area contributed by atoms with Gasteiger partial charge in [-0.2, -0.15) is 0 Å². The van der Waals surface area contributed by atoms with Gasteiger partial charge in [-0.25, -0.2) is 0 Å². The minimum absolute atomic E-state index is 0.0617. The number of benzene rings is 1. The number of hydrogen-bond acceptors (Lipinski definition) is 5. The van der Waals surface area contributed by atoms with E-state index in [-0.39, 0.29) is 6.23 Å². The lowest BCUT2D eigenvalue weighted by Crippen LogP contribution is -2.37. The second kappa shape index (κ2) is 3.83. The van der Waals surface area contributed by atoms with E-state index in [1.54, 1.807) is 17.8 Å². The molecule has 0 fully saturated rings. The average molecular weight is 225 g/mol. The van der Waals surface area contributed by atoms with E-state index in [2.05, 4.69) is 0 Å². The van der Waals surface area contributed by atoms with Gasteiger partial charge in [-0.15, -0.1) is 11.8 Å². The van der Waals surface area contributed by atoms with Crippen LogP contribution in [0.15, 0.2) is 17.0 Å². The zero-order chi connectivity index (χ0) is 11.0. The number of nitrogens with zero attached hydrogens (tertiary/aromatic N) is 1. The van der Waals surface area contributed by atoms with Crippen LogP contribution in [0.1, 0.15) is 0 Å². The first-order chi connectivity index (χ1) is 7.09. The molecule has 2 rings (SSSR count). The largest absolute Gasteiger partial charge is 0.471 e. The summed E-state index contributed by atoms with van der Waals surface area (Å²) >= 11 is 1.69. The highest BCUT2D eigenvalue weighted by atomic mass is 32.2. The number of anilines is 2. The minimum Gasteiger partial charge on any atom is -0.471 e. The Bertz CT molecular complexity index is 381. The SMILES string of the molecule is CN(C)C1CSc2c(N)ccc(N)c2O1. The van der Waals surface area contributed by atoms with Crippen LogP contribution in [0.2, 0.25) is 0 Å². The number of rotatable bonds is 1. The van der Waals surface area contributed by atoms with Gasteiger partial charge in [0.05, 0.1) is 10.6 Å². The van der Waals surface area contributed by atoms with Crippen molar-refractivity contribution < 1.29 is 4.74 Å². The average Bonchev–Trinajstić information content (AvgIpc) is 2.23. The number of thioether (sulfide) groups is 1. The van der Waals surface area contributed by atoms with Gasteiger partial charge < -0.3 is 16.2 Å². The third-order valence-corrected chi connectivity index (χ3v) is 3.53. The summed E-state index contributed by atoms with van der Waals surface area (Å²) < 4.78 is 5.81. The fraction of sp³-hybridized carbons (Fsp3) is 0.400.